The van der Waals surface area contributed by atoms with Gasteiger partial charge in [0.25, 0.3) is 5.91 Å². The number of carbonyl (C=O) groups excluding carboxylic acids is 2. The van der Waals surface area contributed by atoms with Crippen molar-refractivity contribution in [2.45, 2.75) is 12.8 Å². The highest BCUT2D eigenvalue weighted by atomic mass is 16.2. The summed E-state index contributed by atoms with van der Waals surface area (Å²) < 4.78 is 0. The molecule has 1 aromatic rings. The van der Waals surface area contributed by atoms with Crippen molar-refractivity contribution in [1.29, 1.82) is 0 Å². The molecule has 0 aromatic carbocycles. The molecule has 1 heterocycles. The van der Waals surface area contributed by atoms with Crippen LogP contribution < -0.4 is 11.1 Å². The summed E-state index contributed by atoms with van der Waals surface area (Å²) in [4.78, 5) is 21.6. The number of rotatable bonds is 5. The van der Waals surface area contributed by atoms with Gasteiger partial charge in [0.1, 0.15) is 0 Å². The largest absolute Gasteiger partial charge is 0.370 e. The molecule has 0 aliphatic rings. The molecule has 0 unspecified atom stereocenters. The van der Waals surface area contributed by atoms with Gasteiger partial charge in [-0.05, 0) is 6.42 Å². The molecule has 0 atom stereocenters. The fraction of sp³-hybridized carbons (Fsp3) is 0.375. The van der Waals surface area contributed by atoms with Crippen molar-refractivity contribution in [1.82, 2.24) is 15.5 Å². The Morgan fingerprint density at radius 3 is 2.93 bits per heavy atom. The summed E-state index contributed by atoms with van der Waals surface area (Å²) in [5.41, 5.74) is 5.41. The first-order valence-corrected chi connectivity index (χ1v) is 4.25. The molecule has 0 saturated carbocycles. The second-order valence-electron chi connectivity index (χ2n) is 2.81. The molecule has 0 radical (unpaired) electrons. The van der Waals surface area contributed by atoms with Gasteiger partial charge in [-0.2, -0.15) is 5.10 Å². The average molecular weight is 196 g/mol. The van der Waals surface area contributed by atoms with Gasteiger partial charge in [-0.25, -0.2) is 0 Å². The SMILES string of the molecule is NC(=O)CCCNC(=O)c1cn[nH]c1. The van der Waals surface area contributed by atoms with E-state index in [0.29, 0.717) is 18.5 Å². The summed E-state index contributed by atoms with van der Waals surface area (Å²) in [5.74, 6) is -0.564. The van der Waals surface area contributed by atoms with E-state index < -0.39 is 0 Å². The van der Waals surface area contributed by atoms with Crippen LogP contribution in [0.15, 0.2) is 12.4 Å². The molecule has 0 aliphatic heterocycles. The summed E-state index contributed by atoms with van der Waals surface area (Å²) in [5, 5.41) is 8.81. The number of carbonyl (C=O) groups is 2. The lowest BCUT2D eigenvalue weighted by Crippen LogP contribution is -2.25. The highest BCUT2D eigenvalue weighted by Gasteiger charge is 2.04. The molecule has 0 fully saturated rings. The number of nitrogens with zero attached hydrogens (tertiary/aromatic N) is 1. The van der Waals surface area contributed by atoms with Crippen molar-refractivity contribution in [3.05, 3.63) is 18.0 Å². The van der Waals surface area contributed by atoms with Crippen LogP contribution >= 0.6 is 0 Å². The van der Waals surface area contributed by atoms with Gasteiger partial charge in [0.05, 0.1) is 11.8 Å². The van der Waals surface area contributed by atoms with Crippen LogP contribution in [0.2, 0.25) is 0 Å². The second kappa shape index (κ2) is 5.00. The first-order valence-electron chi connectivity index (χ1n) is 4.25. The molecule has 2 amide bonds. The lowest BCUT2D eigenvalue weighted by Gasteiger charge is -2.01. The average Bonchev–Trinajstić information content (AvgIpc) is 2.64. The molecule has 4 N–H and O–H groups in total. The number of nitrogens with one attached hydrogen (secondary N) is 2. The van der Waals surface area contributed by atoms with Crippen LogP contribution in [0, 0.1) is 0 Å². The van der Waals surface area contributed by atoms with Gasteiger partial charge in [-0.15, -0.1) is 0 Å². The summed E-state index contributed by atoms with van der Waals surface area (Å²) >= 11 is 0. The maximum atomic E-state index is 11.3. The summed E-state index contributed by atoms with van der Waals surface area (Å²) in [6, 6.07) is 0. The monoisotopic (exact) mass is 196 g/mol. The zero-order chi connectivity index (χ0) is 10.4. The number of H-pyrrole nitrogens is 1. The molecule has 1 rings (SSSR count). The third-order valence-electron chi connectivity index (χ3n) is 1.65. The van der Waals surface area contributed by atoms with Crippen LogP contribution in [0.25, 0.3) is 0 Å². The lowest BCUT2D eigenvalue weighted by molar-refractivity contribution is -0.118. The van der Waals surface area contributed by atoms with Crippen LogP contribution in [0.3, 0.4) is 0 Å². The van der Waals surface area contributed by atoms with Gasteiger partial charge in [0.2, 0.25) is 5.91 Å². The molecule has 6 heteroatoms. The van der Waals surface area contributed by atoms with Crippen molar-refractivity contribution < 1.29 is 9.59 Å². The van der Waals surface area contributed by atoms with E-state index in [2.05, 4.69) is 15.5 Å². The van der Waals surface area contributed by atoms with E-state index >= 15 is 0 Å². The first kappa shape index (κ1) is 10.2. The van der Waals surface area contributed by atoms with Crippen LogP contribution in [0.4, 0.5) is 0 Å². The van der Waals surface area contributed by atoms with Crippen molar-refractivity contribution in [3.63, 3.8) is 0 Å². The second-order valence-corrected chi connectivity index (χ2v) is 2.81. The van der Waals surface area contributed by atoms with E-state index in [1.165, 1.54) is 12.4 Å². The van der Waals surface area contributed by atoms with Gasteiger partial charge in [-0.3, -0.25) is 14.7 Å². The molecule has 0 spiro atoms. The Morgan fingerprint density at radius 1 is 1.57 bits per heavy atom. The maximum Gasteiger partial charge on any atom is 0.254 e. The third-order valence-corrected chi connectivity index (χ3v) is 1.65. The first-order chi connectivity index (χ1) is 6.70. The molecule has 0 saturated heterocycles. The Bertz CT molecular complexity index is 307. The fourth-order valence-corrected chi connectivity index (χ4v) is 0.942. The summed E-state index contributed by atoms with van der Waals surface area (Å²) in [7, 11) is 0. The molecule has 14 heavy (non-hydrogen) atoms. The predicted octanol–water partition coefficient (Wildman–Crippen LogP) is -0.595. The minimum Gasteiger partial charge on any atom is -0.370 e. The highest BCUT2D eigenvalue weighted by Crippen LogP contribution is 1.93. The van der Waals surface area contributed by atoms with Gasteiger partial charge >= 0.3 is 0 Å². The van der Waals surface area contributed by atoms with Gasteiger partial charge < -0.3 is 11.1 Å². The molecular formula is C8H12N4O2. The molecule has 0 aliphatic carbocycles. The maximum absolute atomic E-state index is 11.3. The van der Waals surface area contributed by atoms with E-state index in [9.17, 15) is 9.59 Å². The minimum absolute atomic E-state index is 0.205. The number of aromatic nitrogens is 2. The Kier molecular flexibility index (Phi) is 3.66. The van der Waals surface area contributed by atoms with E-state index in [4.69, 9.17) is 5.73 Å². The number of hydrogen-bond donors (Lipinski definition) is 3. The minimum atomic E-state index is -0.359. The highest BCUT2D eigenvalue weighted by molar-refractivity contribution is 5.93. The number of nitrogens with two attached hydrogens (primary N) is 1. The number of hydrogen-bond acceptors (Lipinski definition) is 3. The molecule has 76 valence electrons. The zero-order valence-corrected chi connectivity index (χ0v) is 7.62. The van der Waals surface area contributed by atoms with E-state index in [-0.39, 0.29) is 18.2 Å². The van der Waals surface area contributed by atoms with Crippen molar-refractivity contribution in [3.8, 4) is 0 Å². The predicted molar refractivity (Wildman–Crippen MR) is 49.3 cm³/mol. The quantitative estimate of drug-likeness (QED) is 0.548. The Hall–Kier alpha value is -1.85. The van der Waals surface area contributed by atoms with Gasteiger partial charge in [0, 0.05) is 19.2 Å². The molecule has 1 aromatic heterocycles. The van der Waals surface area contributed by atoms with Crippen LogP contribution in [0.5, 0.6) is 0 Å². The van der Waals surface area contributed by atoms with Crippen LogP contribution in [-0.4, -0.2) is 28.6 Å². The van der Waals surface area contributed by atoms with Crippen LogP contribution in [-0.2, 0) is 4.79 Å². The van der Waals surface area contributed by atoms with E-state index in [1.54, 1.807) is 0 Å². The number of aromatic amines is 1. The molecule has 0 bridgehead atoms. The topological polar surface area (TPSA) is 101 Å². The normalized spacial score (nSPS) is 9.71. The van der Waals surface area contributed by atoms with Crippen LogP contribution in [0.1, 0.15) is 23.2 Å². The fourth-order valence-electron chi connectivity index (χ4n) is 0.942. The van der Waals surface area contributed by atoms with Crippen molar-refractivity contribution >= 4 is 11.8 Å². The third kappa shape index (κ3) is 3.26. The van der Waals surface area contributed by atoms with Gasteiger partial charge in [0.15, 0.2) is 0 Å². The summed E-state index contributed by atoms with van der Waals surface area (Å²) in [6.07, 6.45) is 3.78. The van der Waals surface area contributed by atoms with Crippen molar-refractivity contribution in [2.24, 2.45) is 5.73 Å². The smallest absolute Gasteiger partial charge is 0.254 e. The Balaban J connectivity index is 2.19. The Labute approximate surface area is 80.9 Å². The zero-order valence-electron chi connectivity index (χ0n) is 7.62. The Morgan fingerprint density at radius 2 is 2.36 bits per heavy atom. The molecular weight excluding hydrogens is 184 g/mol. The number of primary amides is 1. The van der Waals surface area contributed by atoms with E-state index in [1.807, 2.05) is 0 Å². The van der Waals surface area contributed by atoms with E-state index in [0.717, 1.165) is 0 Å². The standard InChI is InChI=1S/C8H12N4O2/c9-7(13)2-1-3-10-8(14)6-4-11-12-5-6/h4-5H,1-3H2,(H2,9,13)(H,10,14)(H,11,12). The summed E-state index contributed by atoms with van der Waals surface area (Å²) in [6.45, 7) is 0.437. The number of amides is 2. The van der Waals surface area contributed by atoms with Gasteiger partial charge in [-0.1, -0.05) is 0 Å². The van der Waals surface area contributed by atoms with Crippen molar-refractivity contribution in [2.75, 3.05) is 6.54 Å². The lowest BCUT2D eigenvalue weighted by atomic mass is 10.3. The molecule has 6 nitrogen and oxygen atoms in total.